The van der Waals surface area contributed by atoms with Gasteiger partial charge in [0.1, 0.15) is 0 Å². The fourth-order valence-electron chi connectivity index (χ4n) is 3.48. The Hall–Kier alpha value is -0.0800. The van der Waals surface area contributed by atoms with Crippen molar-refractivity contribution in [2.75, 3.05) is 13.2 Å². The molecule has 0 rings (SSSR count). The second kappa shape index (κ2) is 8.92. The van der Waals surface area contributed by atoms with Gasteiger partial charge in [-0.1, -0.05) is 20.8 Å². The molecule has 0 aliphatic heterocycles. The Labute approximate surface area is 115 Å². The molecule has 0 radical (unpaired) electrons. The van der Waals surface area contributed by atoms with Gasteiger partial charge in [-0.2, -0.15) is 0 Å². The lowest BCUT2D eigenvalue weighted by Gasteiger charge is -2.52. The minimum Gasteiger partial charge on any atom is -0.396 e. The van der Waals surface area contributed by atoms with Crippen LogP contribution in [0.5, 0.6) is 0 Å². The Bertz CT molecular complexity index is 179. The highest BCUT2D eigenvalue weighted by Crippen LogP contribution is 2.30. The van der Waals surface area contributed by atoms with Gasteiger partial charge in [0.05, 0.1) is 24.7 Å². The maximum atomic E-state index is 9.04. The van der Waals surface area contributed by atoms with Gasteiger partial charge in [0.25, 0.3) is 0 Å². The van der Waals surface area contributed by atoms with E-state index in [-0.39, 0.29) is 0 Å². The van der Waals surface area contributed by atoms with E-state index in [4.69, 9.17) is 5.11 Å². The molecule has 3 unspecified atom stereocenters. The van der Waals surface area contributed by atoms with Gasteiger partial charge in [0.2, 0.25) is 0 Å². The van der Waals surface area contributed by atoms with Crippen molar-refractivity contribution in [1.82, 2.24) is 0 Å². The van der Waals surface area contributed by atoms with Crippen molar-refractivity contribution in [3.05, 3.63) is 0 Å². The fourth-order valence-corrected chi connectivity index (χ4v) is 3.48. The summed E-state index contributed by atoms with van der Waals surface area (Å²) in [7, 11) is 0. The van der Waals surface area contributed by atoms with E-state index < -0.39 is 0 Å². The van der Waals surface area contributed by atoms with Gasteiger partial charge in [0, 0.05) is 6.61 Å². The van der Waals surface area contributed by atoms with Crippen LogP contribution in [0.1, 0.15) is 73.6 Å². The first-order chi connectivity index (χ1) is 8.50. The average molecular weight is 258 g/mol. The summed E-state index contributed by atoms with van der Waals surface area (Å²) in [4.78, 5) is 0. The van der Waals surface area contributed by atoms with E-state index in [0.29, 0.717) is 24.7 Å². The topological polar surface area (TPSA) is 20.2 Å². The second-order valence-electron chi connectivity index (χ2n) is 5.92. The molecule has 0 saturated heterocycles. The molecule has 110 valence electrons. The predicted octanol–water partition coefficient (Wildman–Crippen LogP) is 3.97. The number of quaternary nitrogens is 1. The summed E-state index contributed by atoms with van der Waals surface area (Å²) in [6.45, 7) is 15.7. The van der Waals surface area contributed by atoms with Crippen LogP contribution in [0.4, 0.5) is 0 Å². The van der Waals surface area contributed by atoms with E-state index in [1.807, 2.05) is 0 Å². The van der Waals surface area contributed by atoms with Crippen molar-refractivity contribution in [2.24, 2.45) is 0 Å². The molecule has 0 fully saturated rings. The highest BCUT2D eigenvalue weighted by molar-refractivity contribution is 4.65. The largest absolute Gasteiger partial charge is 0.396 e. The zero-order valence-electron chi connectivity index (χ0n) is 13.6. The molecule has 0 aliphatic rings. The zero-order chi connectivity index (χ0) is 14.2. The van der Waals surface area contributed by atoms with Gasteiger partial charge in [-0.3, -0.25) is 0 Å². The van der Waals surface area contributed by atoms with Crippen molar-refractivity contribution in [3.63, 3.8) is 0 Å². The third kappa shape index (κ3) is 3.96. The lowest BCUT2D eigenvalue weighted by Crippen LogP contribution is -2.64. The molecule has 0 aliphatic carbocycles. The van der Waals surface area contributed by atoms with Gasteiger partial charge in [-0.05, 0) is 52.9 Å². The number of hydrogen-bond acceptors (Lipinski definition) is 1. The molecule has 0 heterocycles. The van der Waals surface area contributed by atoms with Crippen LogP contribution in [0.25, 0.3) is 0 Å². The quantitative estimate of drug-likeness (QED) is 0.464. The van der Waals surface area contributed by atoms with Crippen molar-refractivity contribution >= 4 is 0 Å². The van der Waals surface area contributed by atoms with Gasteiger partial charge < -0.3 is 9.59 Å². The van der Waals surface area contributed by atoms with Crippen molar-refractivity contribution < 1.29 is 9.59 Å². The number of rotatable bonds is 10. The smallest absolute Gasteiger partial charge is 0.0863 e. The molecule has 18 heavy (non-hydrogen) atoms. The lowest BCUT2D eigenvalue weighted by atomic mass is 9.97. The molecule has 2 heteroatoms. The minimum atomic E-state index is 0.335. The van der Waals surface area contributed by atoms with E-state index in [1.165, 1.54) is 30.3 Å². The van der Waals surface area contributed by atoms with E-state index in [2.05, 4.69) is 41.5 Å². The molecule has 0 aromatic heterocycles. The summed E-state index contributed by atoms with van der Waals surface area (Å²) in [6.07, 6.45) is 5.83. The third-order valence-electron chi connectivity index (χ3n) is 5.19. The normalized spacial score (nSPS) is 20.2. The van der Waals surface area contributed by atoms with Crippen molar-refractivity contribution in [2.45, 2.75) is 91.8 Å². The number of aliphatic hydroxyl groups excluding tert-OH is 1. The highest BCUT2D eigenvalue weighted by atomic mass is 16.2. The maximum Gasteiger partial charge on any atom is 0.0863 e. The summed E-state index contributed by atoms with van der Waals surface area (Å²) in [5.74, 6) is 0. The molecule has 2 nitrogen and oxygen atoms in total. The van der Waals surface area contributed by atoms with E-state index in [9.17, 15) is 0 Å². The van der Waals surface area contributed by atoms with E-state index in [0.717, 1.165) is 12.8 Å². The summed E-state index contributed by atoms with van der Waals surface area (Å²) in [6, 6.07) is 2.15. The molecule has 0 saturated carbocycles. The predicted molar refractivity (Wildman–Crippen MR) is 80.7 cm³/mol. The third-order valence-corrected chi connectivity index (χ3v) is 5.19. The van der Waals surface area contributed by atoms with Crippen LogP contribution in [-0.4, -0.2) is 40.9 Å². The summed E-state index contributed by atoms with van der Waals surface area (Å²) < 4.78 is 1.24. The van der Waals surface area contributed by atoms with E-state index in [1.54, 1.807) is 0 Å². The molecule has 0 amide bonds. The molecule has 0 aromatic rings. The number of hydrogen-bond donors (Lipinski definition) is 1. The number of aliphatic hydroxyl groups is 1. The van der Waals surface area contributed by atoms with Gasteiger partial charge in [0.15, 0.2) is 0 Å². The Morgan fingerprint density at radius 2 is 1.17 bits per heavy atom. The molecular formula is C16H36NO+. The molecule has 0 aromatic carbocycles. The van der Waals surface area contributed by atoms with E-state index >= 15 is 0 Å². The van der Waals surface area contributed by atoms with Crippen LogP contribution in [0.2, 0.25) is 0 Å². The molecular weight excluding hydrogens is 222 g/mol. The fraction of sp³-hybridized carbons (Fsp3) is 1.00. The maximum absolute atomic E-state index is 9.04. The first kappa shape index (κ1) is 17.9. The summed E-state index contributed by atoms with van der Waals surface area (Å²) in [5.41, 5.74) is 0. The van der Waals surface area contributed by atoms with Crippen LogP contribution in [0.15, 0.2) is 0 Å². The van der Waals surface area contributed by atoms with Crippen LogP contribution in [0.3, 0.4) is 0 Å². The van der Waals surface area contributed by atoms with Gasteiger partial charge in [-0.15, -0.1) is 0 Å². The van der Waals surface area contributed by atoms with Crippen molar-refractivity contribution in [1.29, 1.82) is 0 Å². The van der Waals surface area contributed by atoms with Crippen molar-refractivity contribution in [3.8, 4) is 0 Å². The highest BCUT2D eigenvalue weighted by Gasteiger charge is 2.41. The van der Waals surface area contributed by atoms with Gasteiger partial charge in [-0.25, -0.2) is 0 Å². The Kier molecular flexibility index (Phi) is 8.89. The first-order valence-electron chi connectivity index (χ1n) is 7.99. The minimum absolute atomic E-state index is 0.335. The summed E-state index contributed by atoms with van der Waals surface area (Å²) in [5, 5.41) is 9.04. The molecule has 1 N–H and O–H groups in total. The average Bonchev–Trinajstić information content (AvgIpc) is 2.41. The van der Waals surface area contributed by atoms with Gasteiger partial charge >= 0.3 is 0 Å². The zero-order valence-corrected chi connectivity index (χ0v) is 13.6. The van der Waals surface area contributed by atoms with Crippen LogP contribution in [-0.2, 0) is 0 Å². The summed E-state index contributed by atoms with van der Waals surface area (Å²) >= 11 is 0. The standard InChI is InChI=1S/C16H36NO/c1-7-14(4)17(15(5)8-2,16(6)9-3)12-10-11-13-18/h14-16,18H,7-13H2,1-6H3/q+1. The lowest BCUT2D eigenvalue weighted by molar-refractivity contribution is -0.990. The Balaban J connectivity index is 5.12. The molecule has 3 atom stereocenters. The SMILES string of the molecule is CCC(C)[N+](CCCCO)(C(C)CC)C(C)CC. The number of unbranched alkanes of at least 4 members (excludes halogenated alkanes) is 1. The monoisotopic (exact) mass is 258 g/mol. The van der Waals surface area contributed by atoms with Crippen LogP contribution in [0, 0.1) is 0 Å². The Morgan fingerprint density at radius 1 is 0.778 bits per heavy atom. The Morgan fingerprint density at radius 3 is 1.44 bits per heavy atom. The second-order valence-corrected chi connectivity index (χ2v) is 5.92. The first-order valence-corrected chi connectivity index (χ1v) is 7.99. The number of nitrogens with zero attached hydrogens (tertiary/aromatic N) is 1. The van der Waals surface area contributed by atoms with Crippen LogP contribution >= 0.6 is 0 Å². The molecule has 0 spiro atoms. The van der Waals surface area contributed by atoms with Crippen LogP contribution < -0.4 is 0 Å². The molecule has 0 bridgehead atoms.